The first-order valence-electron chi connectivity index (χ1n) is 9.95. The van der Waals surface area contributed by atoms with Crippen molar-refractivity contribution in [3.63, 3.8) is 0 Å². The van der Waals surface area contributed by atoms with Gasteiger partial charge in [-0.3, -0.25) is 4.98 Å². The number of carboxylic acid groups (broad SMARTS) is 1. The van der Waals surface area contributed by atoms with Crippen LogP contribution in [-0.4, -0.2) is 27.6 Å². The van der Waals surface area contributed by atoms with Crippen molar-refractivity contribution in [2.45, 2.75) is 33.1 Å². The highest BCUT2D eigenvalue weighted by Crippen LogP contribution is 2.37. The molecule has 0 spiro atoms. The number of pyridine rings is 1. The molecule has 0 amide bonds. The highest BCUT2D eigenvalue weighted by Gasteiger charge is 2.21. The molecule has 0 aliphatic heterocycles. The summed E-state index contributed by atoms with van der Waals surface area (Å²) in [5, 5.41) is 11.7. The van der Waals surface area contributed by atoms with Crippen LogP contribution in [0.25, 0.3) is 33.1 Å². The average molecular weight is 387 g/mol. The maximum absolute atomic E-state index is 12.0. The monoisotopic (exact) mass is 387 g/mol. The molecule has 0 radical (unpaired) electrons. The Kier molecular flexibility index (Phi) is 5.07. The number of carboxylic acids is 1. The predicted octanol–water partition coefficient (Wildman–Crippen LogP) is 4.98. The van der Waals surface area contributed by atoms with Gasteiger partial charge >= 0.3 is 5.97 Å². The number of nitrogens with zero attached hydrogens (tertiary/aromatic N) is 1. The van der Waals surface area contributed by atoms with Crippen molar-refractivity contribution in [1.82, 2.24) is 9.97 Å². The van der Waals surface area contributed by atoms with Gasteiger partial charge in [-0.15, -0.1) is 0 Å². The van der Waals surface area contributed by atoms with E-state index in [1.54, 1.807) is 6.07 Å². The van der Waals surface area contributed by atoms with Crippen molar-refractivity contribution < 1.29 is 9.90 Å². The molecule has 0 aliphatic carbocycles. The van der Waals surface area contributed by atoms with E-state index in [1.807, 2.05) is 38.1 Å². The zero-order chi connectivity index (χ0) is 20.5. The summed E-state index contributed by atoms with van der Waals surface area (Å²) in [6.07, 6.45) is 2.58. The lowest BCUT2D eigenvalue weighted by Gasteiger charge is -2.09. The number of hydrogen-bond donors (Lipinski definition) is 3. The first kappa shape index (κ1) is 19.2. The Morgan fingerprint density at radius 3 is 2.69 bits per heavy atom. The number of unbranched alkanes of at least 4 members (excludes halogenated alkanes) is 1. The zero-order valence-electron chi connectivity index (χ0n) is 16.7. The van der Waals surface area contributed by atoms with Crippen LogP contribution in [0.3, 0.4) is 0 Å². The molecule has 2 heterocycles. The molecular weight excluding hydrogens is 362 g/mol. The molecule has 2 aromatic heterocycles. The van der Waals surface area contributed by atoms with Gasteiger partial charge in [0, 0.05) is 27.5 Å². The number of aromatic amines is 1. The van der Waals surface area contributed by atoms with Gasteiger partial charge in [0.15, 0.2) is 0 Å². The molecule has 0 bridgehead atoms. The van der Waals surface area contributed by atoms with Gasteiger partial charge in [-0.05, 0) is 69.0 Å². The topological polar surface area (TPSA) is 92.0 Å². The first-order valence-corrected chi connectivity index (χ1v) is 9.95. The van der Waals surface area contributed by atoms with E-state index in [0.29, 0.717) is 12.1 Å². The van der Waals surface area contributed by atoms with Crippen molar-refractivity contribution in [1.29, 1.82) is 0 Å². The minimum Gasteiger partial charge on any atom is -0.478 e. The van der Waals surface area contributed by atoms with Crippen LogP contribution >= 0.6 is 0 Å². The second-order valence-electron chi connectivity index (χ2n) is 7.53. The Bertz CT molecular complexity index is 1220. The molecule has 0 aliphatic rings. The molecule has 4 aromatic rings. The van der Waals surface area contributed by atoms with Crippen LogP contribution in [0.1, 0.15) is 40.0 Å². The predicted molar refractivity (Wildman–Crippen MR) is 117 cm³/mol. The van der Waals surface area contributed by atoms with E-state index >= 15 is 0 Å². The summed E-state index contributed by atoms with van der Waals surface area (Å²) in [5.74, 6) is -0.907. The summed E-state index contributed by atoms with van der Waals surface area (Å²) in [5.41, 5.74) is 12.9. The molecule has 5 heteroatoms. The van der Waals surface area contributed by atoms with Gasteiger partial charge < -0.3 is 15.8 Å². The number of carbonyl (C=O) groups is 1. The number of aromatic carboxylic acids is 1. The van der Waals surface area contributed by atoms with E-state index in [0.717, 1.165) is 69.1 Å². The molecule has 4 N–H and O–H groups in total. The summed E-state index contributed by atoms with van der Waals surface area (Å²) in [4.78, 5) is 20.2. The first-order chi connectivity index (χ1) is 14.0. The molecule has 0 fully saturated rings. The molecule has 0 saturated carbocycles. The van der Waals surface area contributed by atoms with E-state index in [1.165, 1.54) is 0 Å². The lowest BCUT2D eigenvalue weighted by atomic mass is 9.95. The number of aromatic nitrogens is 2. The van der Waals surface area contributed by atoms with E-state index in [2.05, 4.69) is 22.1 Å². The van der Waals surface area contributed by atoms with Crippen molar-refractivity contribution in [3.8, 4) is 11.3 Å². The van der Waals surface area contributed by atoms with Crippen LogP contribution in [0.2, 0.25) is 0 Å². The Morgan fingerprint density at radius 1 is 1.10 bits per heavy atom. The van der Waals surface area contributed by atoms with E-state index < -0.39 is 5.97 Å². The summed E-state index contributed by atoms with van der Waals surface area (Å²) >= 11 is 0. The molecule has 2 aromatic carbocycles. The Labute approximate surface area is 169 Å². The van der Waals surface area contributed by atoms with Gasteiger partial charge in [-0.25, -0.2) is 4.79 Å². The minimum absolute atomic E-state index is 0.338. The number of aryl methyl sites for hydroxylation is 3. The number of fused-ring (bicyclic) bond motifs is 2. The standard InChI is InChI=1S/C24H25N3O2/c1-14-9-11-19(24(28)29)21-18(6-3-4-13-25)23(27-22(14)21)17-7-5-8-20-16(17)12-10-15(2)26-20/h5,7-12,27H,3-4,6,13,25H2,1-2H3,(H,28,29). The lowest BCUT2D eigenvalue weighted by molar-refractivity contribution is 0.0699. The molecule has 0 saturated heterocycles. The molecule has 5 nitrogen and oxygen atoms in total. The maximum atomic E-state index is 12.0. The Balaban J connectivity index is 2.04. The van der Waals surface area contributed by atoms with Crippen molar-refractivity contribution in [2.75, 3.05) is 6.54 Å². The maximum Gasteiger partial charge on any atom is 0.336 e. The third-order valence-electron chi connectivity index (χ3n) is 5.52. The van der Waals surface area contributed by atoms with Crippen LogP contribution in [-0.2, 0) is 6.42 Å². The van der Waals surface area contributed by atoms with Crippen LogP contribution in [0.4, 0.5) is 0 Å². The third kappa shape index (κ3) is 3.38. The summed E-state index contributed by atoms with van der Waals surface area (Å²) in [7, 11) is 0. The van der Waals surface area contributed by atoms with Gasteiger partial charge in [-0.2, -0.15) is 0 Å². The fourth-order valence-corrected chi connectivity index (χ4v) is 4.09. The molecule has 0 atom stereocenters. The minimum atomic E-state index is -0.907. The smallest absolute Gasteiger partial charge is 0.336 e. The van der Waals surface area contributed by atoms with Crippen LogP contribution < -0.4 is 5.73 Å². The molecule has 4 rings (SSSR count). The third-order valence-corrected chi connectivity index (χ3v) is 5.52. The van der Waals surface area contributed by atoms with Crippen LogP contribution in [0.15, 0.2) is 42.5 Å². The second-order valence-corrected chi connectivity index (χ2v) is 7.53. The molecule has 148 valence electrons. The van der Waals surface area contributed by atoms with Crippen molar-refractivity contribution in [3.05, 3.63) is 64.8 Å². The number of nitrogens with one attached hydrogen (secondary N) is 1. The van der Waals surface area contributed by atoms with Gasteiger partial charge in [0.2, 0.25) is 0 Å². The van der Waals surface area contributed by atoms with Crippen LogP contribution in [0, 0.1) is 13.8 Å². The Morgan fingerprint density at radius 2 is 1.93 bits per heavy atom. The van der Waals surface area contributed by atoms with Crippen LogP contribution in [0.5, 0.6) is 0 Å². The fourth-order valence-electron chi connectivity index (χ4n) is 4.09. The lowest BCUT2D eigenvalue weighted by Crippen LogP contribution is -2.01. The quantitative estimate of drug-likeness (QED) is 0.407. The van der Waals surface area contributed by atoms with Gasteiger partial charge in [0.25, 0.3) is 0 Å². The summed E-state index contributed by atoms with van der Waals surface area (Å²) in [6, 6.07) is 13.8. The van der Waals surface area contributed by atoms with E-state index in [4.69, 9.17) is 5.73 Å². The molecular formula is C24H25N3O2. The Hall–Kier alpha value is -3.18. The second kappa shape index (κ2) is 7.68. The molecule has 0 unspecified atom stereocenters. The molecule has 29 heavy (non-hydrogen) atoms. The number of benzene rings is 2. The average Bonchev–Trinajstić information content (AvgIpc) is 3.07. The number of nitrogens with two attached hydrogens (primary N) is 1. The normalized spacial score (nSPS) is 11.4. The van der Waals surface area contributed by atoms with Gasteiger partial charge in [-0.1, -0.05) is 24.3 Å². The zero-order valence-corrected chi connectivity index (χ0v) is 16.7. The largest absolute Gasteiger partial charge is 0.478 e. The highest BCUT2D eigenvalue weighted by molar-refractivity contribution is 6.09. The summed E-state index contributed by atoms with van der Waals surface area (Å²) in [6.45, 7) is 4.61. The van der Waals surface area contributed by atoms with E-state index in [-0.39, 0.29) is 0 Å². The van der Waals surface area contributed by atoms with Gasteiger partial charge in [0.1, 0.15) is 0 Å². The number of rotatable bonds is 6. The van der Waals surface area contributed by atoms with Crippen molar-refractivity contribution >= 4 is 27.8 Å². The van der Waals surface area contributed by atoms with Gasteiger partial charge in [0.05, 0.1) is 16.8 Å². The fraction of sp³-hybridized carbons (Fsp3) is 0.250. The van der Waals surface area contributed by atoms with Crippen molar-refractivity contribution in [2.24, 2.45) is 5.73 Å². The number of H-pyrrole nitrogens is 1. The summed E-state index contributed by atoms with van der Waals surface area (Å²) < 4.78 is 0. The van der Waals surface area contributed by atoms with E-state index in [9.17, 15) is 9.90 Å². The number of hydrogen-bond acceptors (Lipinski definition) is 3. The highest BCUT2D eigenvalue weighted by atomic mass is 16.4. The SMILES string of the molecule is Cc1ccc2c(-c3[nH]c4c(C)ccc(C(=O)O)c4c3CCCCN)cccc2n1.